The van der Waals surface area contributed by atoms with Crippen molar-refractivity contribution in [2.75, 3.05) is 0 Å². The molecule has 3 N–H and O–H groups in total. The Morgan fingerprint density at radius 2 is 1.85 bits per heavy atom. The van der Waals surface area contributed by atoms with Crippen molar-refractivity contribution >= 4 is 12.0 Å². The summed E-state index contributed by atoms with van der Waals surface area (Å²) in [6.45, 7) is 8.13. The van der Waals surface area contributed by atoms with E-state index in [0.717, 1.165) is 0 Å². The number of carbonyl (C=O) groups is 2. The normalized spacial score (nSPS) is 18.8. The molecular formula is C15H28N2O3. The van der Waals surface area contributed by atoms with Crippen LogP contribution < -0.4 is 10.6 Å². The zero-order chi connectivity index (χ0) is 15.3. The summed E-state index contributed by atoms with van der Waals surface area (Å²) >= 11 is 0. The highest BCUT2D eigenvalue weighted by molar-refractivity contribution is 5.76. The molecule has 20 heavy (non-hydrogen) atoms. The molecule has 0 saturated heterocycles. The molecular weight excluding hydrogens is 256 g/mol. The second kappa shape index (κ2) is 6.95. The number of aliphatic carboxylic acids is 1. The highest BCUT2D eigenvalue weighted by Gasteiger charge is 2.27. The first-order chi connectivity index (χ1) is 9.17. The van der Waals surface area contributed by atoms with Crippen molar-refractivity contribution in [3.8, 4) is 0 Å². The molecule has 0 heterocycles. The van der Waals surface area contributed by atoms with E-state index in [-0.39, 0.29) is 30.0 Å². The second-order valence-corrected chi connectivity index (χ2v) is 7.16. The molecule has 0 aromatic rings. The molecule has 0 aromatic heterocycles. The molecule has 116 valence electrons. The van der Waals surface area contributed by atoms with Crippen LogP contribution in [-0.2, 0) is 4.79 Å². The largest absolute Gasteiger partial charge is 0.481 e. The molecule has 2 atom stereocenters. The predicted octanol–water partition coefficient (Wildman–Crippen LogP) is 2.75. The molecule has 1 rings (SSSR count). The van der Waals surface area contributed by atoms with E-state index in [2.05, 4.69) is 10.6 Å². The maximum atomic E-state index is 12.0. The summed E-state index contributed by atoms with van der Waals surface area (Å²) in [4.78, 5) is 22.9. The Morgan fingerprint density at radius 1 is 1.25 bits per heavy atom. The highest BCUT2D eigenvalue weighted by atomic mass is 16.4. The van der Waals surface area contributed by atoms with Crippen LogP contribution in [0, 0.1) is 11.3 Å². The van der Waals surface area contributed by atoms with E-state index in [9.17, 15) is 9.59 Å². The van der Waals surface area contributed by atoms with Crippen molar-refractivity contribution in [2.24, 2.45) is 11.3 Å². The summed E-state index contributed by atoms with van der Waals surface area (Å²) in [5, 5.41) is 14.7. The van der Waals surface area contributed by atoms with E-state index in [1.165, 1.54) is 19.3 Å². The van der Waals surface area contributed by atoms with Gasteiger partial charge in [0.15, 0.2) is 0 Å². The topological polar surface area (TPSA) is 78.4 Å². The fourth-order valence-corrected chi connectivity index (χ4v) is 2.62. The van der Waals surface area contributed by atoms with Gasteiger partial charge >= 0.3 is 12.0 Å². The van der Waals surface area contributed by atoms with Crippen LogP contribution in [0.2, 0.25) is 0 Å². The molecule has 0 radical (unpaired) electrons. The average Bonchev–Trinajstić information content (AvgIpc) is 2.08. The Bertz CT molecular complexity index is 346. The predicted molar refractivity (Wildman–Crippen MR) is 78.6 cm³/mol. The van der Waals surface area contributed by atoms with Crippen molar-refractivity contribution in [2.45, 2.75) is 71.9 Å². The molecule has 1 saturated carbocycles. The third kappa shape index (κ3) is 6.26. The van der Waals surface area contributed by atoms with E-state index >= 15 is 0 Å². The van der Waals surface area contributed by atoms with Crippen LogP contribution in [0.25, 0.3) is 0 Å². The number of nitrogens with one attached hydrogen (secondary N) is 2. The van der Waals surface area contributed by atoms with E-state index in [1.54, 1.807) is 0 Å². The van der Waals surface area contributed by atoms with Crippen LogP contribution in [0.3, 0.4) is 0 Å². The first-order valence-corrected chi connectivity index (χ1v) is 7.46. The van der Waals surface area contributed by atoms with Crippen LogP contribution >= 0.6 is 0 Å². The number of hydrogen-bond acceptors (Lipinski definition) is 2. The standard InChI is InChI=1S/C15H28N2O3/c1-10(11-6-5-7-11)16-14(20)17-12(8-13(18)19)9-15(2,3)4/h10-12H,5-9H2,1-4H3,(H,18,19)(H2,16,17,20). The molecule has 0 aliphatic heterocycles. The van der Waals surface area contributed by atoms with E-state index < -0.39 is 5.97 Å². The third-order valence-corrected chi connectivity index (χ3v) is 3.83. The Morgan fingerprint density at radius 3 is 2.25 bits per heavy atom. The second-order valence-electron chi connectivity index (χ2n) is 7.16. The van der Waals surface area contributed by atoms with Gasteiger partial charge in [-0.05, 0) is 37.5 Å². The van der Waals surface area contributed by atoms with Crippen molar-refractivity contribution in [3.63, 3.8) is 0 Å². The highest BCUT2D eigenvalue weighted by Crippen LogP contribution is 2.29. The van der Waals surface area contributed by atoms with Crippen LogP contribution in [0.1, 0.15) is 59.8 Å². The molecule has 2 unspecified atom stereocenters. The summed E-state index contributed by atoms with van der Waals surface area (Å²) < 4.78 is 0. The van der Waals surface area contributed by atoms with Gasteiger partial charge in [-0.15, -0.1) is 0 Å². The Hall–Kier alpha value is -1.26. The minimum Gasteiger partial charge on any atom is -0.481 e. The zero-order valence-corrected chi connectivity index (χ0v) is 13.0. The fourth-order valence-electron chi connectivity index (χ4n) is 2.62. The van der Waals surface area contributed by atoms with Gasteiger partial charge < -0.3 is 15.7 Å². The average molecular weight is 284 g/mol. The molecule has 0 spiro atoms. The van der Waals surface area contributed by atoms with Gasteiger partial charge in [-0.25, -0.2) is 4.79 Å². The number of amides is 2. The van der Waals surface area contributed by atoms with Gasteiger partial charge in [-0.1, -0.05) is 27.2 Å². The minimum absolute atomic E-state index is 0.0208. The van der Waals surface area contributed by atoms with Gasteiger partial charge in [0.05, 0.1) is 6.42 Å². The van der Waals surface area contributed by atoms with Crippen LogP contribution in [0.5, 0.6) is 0 Å². The Labute approximate surface area is 121 Å². The molecule has 1 fully saturated rings. The maximum Gasteiger partial charge on any atom is 0.315 e. The summed E-state index contributed by atoms with van der Waals surface area (Å²) in [5.41, 5.74) is -0.0208. The van der Waals surface area contributed by atoms with Gasteiger partial charge in [-0.2, -0.15) is 0 Å². The Balaban J connectivity index is 2.45. The van der Waals surface area contributed by atoms with Crippen molar-refractivity contribution in [3.05, 3.63) is 0 Å². The molecule has 1 aliphatic carbocycles. The Kier molecular flexibility index (Phi) is 5.84. The number of urea groups is 1. The van der Waals surface area contributed by atoms with Gasteiger partial charge in [-0.3, -0.25) is 4.79 Å². The molecule has 5 heteroatoms. The minimum atomic E-state index is -0.883. The van der Waals surface area contributed by atoms with Crippen molar-refractivity contribution < 1.29 is 14.7 Å². The molecule has 1 aliphatic rings. The molecule has 2 amide bonds. The van der Waals surface area contributed by atoms with Gasteiger partial charge in [0.25, 0.3) is 0 Å². The smallest absolute Gasteiger partial charge is 0.315 e. The molecule has 0 bridgehead atoms. The lowest BCUT2D eigenvalue weighted by molar-refractivity contribution is -0.137. The van der Waals surface area contributed by atoms with E-state index in [0.29, 0.717) is 12.3 Å². The van der Waals surface area contributed by atoms with Crippen molar-refractivity contribution in [1.82, 2.24) is 10.6 Å². The molecule has 0 aromatic carbocycles. The fraction of sp³-hybridized carbons (Fsp3) is 0.867. The lowest BCUT2D eigenvalue weighted by atomic mass is 9.80. The third-order valence-electron chi connectivity index (χ3n) is 3.83. The van der Waals surface area contributed by atoms with Gasteiger partial charge in [0.2, 0.25) is 0 Å². The van der Waals surface area contributed by atoms with Crippen molar-refractivity contribution in [1.29, 1.82) is 0 Å². The number of hydrogen-bond donors (Lipinski definition) is 3. The van der Waals surface area contributed by atoms with Crippen LogP contribution in [-0.4, -0.2) is 29.2 Å². The van der Waals surface area contributed by atoms with E-state index in [4.69, 9.17) is 5.11 Å². The monoisotopic (exact) mass is 284 g/mol. The number of carboxylic acid groups (broad SMARTS) is 1. The summed E-state index contributed by atoms with van der Waals surface area (Å²) in [6.07, 6.45) is 4.18. The number of carboxylic acids is 1. The lowest BCUT2D eigenvalue weighted by Gasteiger charge is -2.32. The van der Waals surface area contributed by atoms with E-state index in [1.807, 2.05) is 27.7 Å². The maximum absolute atomic E-state index is 12.0. The zero-order valence-electron chi connectivity index (χ0n) is 13.0. The lowest BCUT2D eigenvalue weighted by Crippen LogP contribution is -2.49. The molecule has 5 nitrogen and oxygen atoms in total. The first-order valence-electron chi connectivity index (χ1n) is 7.46. The summed E-state index contributed by atoms with van der Waals surface area (Å²) in [6, 6.07) is -0.426. The first kappa shape index (κ1) is 16.8. The van der Waals surface area contributed by atoms with Gasteiger partial charge in [0, 0.05) is 12.1 Å². The van der Waals surface area contributed by atoms with Crippen LogP contribution in [0.15, 0.2) is 0 Å². The van der Waals surface area contributed by atoms with Gasteiger partial charge in [0.1, 0.15) is 0 Å². The number of rotatable bonds is 6. The summed E-state index contributed by atoms with van der Waals surface area (Å²) in [5.74, 6) is -0.312. The SMILES string of the molecule is CC(NC(=O)NC(CC(=O)O)CC(C)(C)C)C1CCC1. The summed E-state index contributed by atoms with van der Waals surface area (Å²) in [7, 11) is 0. The number of carbonyl (C=O) groups excluding carboxylic acids is 1. The quantitative estimate of drug-likeness (QED) is 0.701. The van der Waals surface area contributed by atoms with Crippen LogP contribution in [0.4, 0.5) is 4.79 Å².